The minimum atomic E-state index is -4.85. The van der Waals surface area contributed by atoms with Crippen LogP contribution in [0.3, 0.4) is 0 Å². The summed E-state index contributed by atoms with van der Waals surface area (Å²) in [7, 11) is 0. The number of nitrogens with zero attached hydrogens (tertiary/aromatic N) is 1. The molecular formula is C9H8F3IN2O3. The largest absolute Gasteiger partial charge is 0.574 e. The lowest BCUT2D eigenvalue weighted by Crippen LogP contribution is -2.20. The van der Waals surface area contributed by atoms with Gasteiger partial charge in [-0.25, -0.2) is 4.98 Å². The molecular weight excluding hydrogens is 368 g/mol. The topological polar surface area (TPSA) is 85.4 Å². The van der Waals surface area contributed by atoms with Gasteiger partial charge in [0.2, 0.25) is 5.88 Å². The van der Waals surface area contributed by atoms with Gasteiger partial charge in [0.25, 0.3) is 0 Å². The Kier molecular flexibility index (Phi) is 4.73. The number of carboxylic acids is 1. The Labute approximate surface area is 113 Å². The van der Waals surface area contributed by atoms with Crippen molar-refractivity contribution in [1.29, 1.82) is 0 Å². The number of halogens is 4. The van der Waals surface area contributed by atoms with Crippen LogP contribution in [0, 0.1) is 3.57 Å². The van der Waals surface area contributed by atoms with E-state index in [2.05, 4.69) is 9.72 Å². The maximum absolute atomic E-state index is 12.1. The fourth-order valence-corrected chi connectivity index (χ4v) is 1.83. The van der Waals surface area contributed by atoms with Crippen LogP contribution < -0.4 is 10.5 Å². The molecule has 1 aromatic rings. The van der Waals surface area contributed by atoms with Gasteiger partial charge in [-0.05, 0) is 34.2 Å². The molecule has 1 heterocycles. The van der Waals surface area contributed by atoms with E-state index in [4.69, 9.17) is 10.8 Å². The molecule has 9 heteroatoms. The molecule has 3 N–H and O–H groups in total. The van der Waals surface area contributed by atoms with Crippen molar-refractivity contribution < 1.29 is 27.8 Å². The number of pyridine rings is 1. The molecule has 0 saturated carbocycles. The van der Waals surface area contributed by atoms with Gasteiger partial charge in [0.1, 0.15) is 0 Å². The van der Waals surface area contributed by atoms with Gasteiger partial charge in [-0.1, -0.05) is 0 Å². The number of hydrogen-bond donors (Lipinski definition) is 2. The number of aromatic nitrogens is 1. The summed E-state index contributed by atoms with van der Waals surface area (Å²) in [4.78, 5) is 14.2. The number of hydrogen-bond acceptors (Lipinski definition) is 4. The second-order valence-corrected chi connectivity index (χ2v) is 4.37. The summed E-state index contributed by atoms with van der Waals surface area (Å²) in [5.41, 5.74) is 5.65. The average Bonchev–Trinajstić information content (AvgIpc) is 2.19. The van der Waals surface area contributed by atoms with Crippen LogP contribution in [0.15, 0.2) is 6.07 Å². The summed E-state index contributed by atoms with van der Waals surface area (Å²) in [6.45, 7) is -0.173. The van der Waals surface area contributed by atoms with Crippen molar-refractivity contribution in [3.8, 4) is 5.88 Å². The Morgan fingerprint density at radius 1 is 1.56 bits per heavy atom. The van der Waals surface area contributed by atoms with Crippen molar-refractivity contribution in [2.45, 2.75) is 19.3 Å². The molecule has 18 heavy (non-hydrogen) atoms. The molecule has 1 rings (SSSR count). The van der Waals surface area contributed by atoms with Crippen LogP contribution in [-0.4, -0.2) is 22.4 Å². The summed E-state index contributed by atoms with van der Waals surface area (Å²) in [5, 5.41) is 8.65. The first-order valence-corrected chi connectivity index (χ1v) is 5.66. The van der Waals surface area contributed by atoms with Gasteiger partial charge < -0.3 is 15.6 Å². The van der Waals surface area contributed by atoms with Gasteiger partial charge in [0.05, 0.1) is 15.7 Å². The number of aliphatic carboxylic acids is 1. The molecule has 0 aliphatic heterocycles. The zero-order chi connectivity index (χ0) is 13.9. The molecule has 0 aliphatic carbocycles. The highest BCUT2D eigenvalue weighted by Gasteiger charge is 2.33. The molecule has 1 aromatic heterocycles. The highest BCUT2D eigenvalue weighted by Crippen LogP contribution is 2.27. The van der Waals surface area contributed by atoms with Crippen LogP contribution in [-0.2, 0) is 17.8 Å². The molecule has 0 aromatic carbocycles. The number of rotatable bonds is 4. The average molecular weight is 376 g/mol. The van der Waals surface area contributed by atoms with Crippen LogP contribution in [0.1, 0.15) is 11.3 Å². The van der Waals surface area contributed by atoms with Crippen LogP contribution in [0.25, 0.3) is 0 Å². The Hall–Kier alpha value is -1.10. The van der Waals surface area contributed by atoms with Crippen molar-refractivity contribution in [1.82, 2.24) is 4.98 Å². The fraction of sp³-hybridized carbons (Fsp3) is 0.333. The first-order chi connectivity index (χ1) is 8.23. The van der Waals surface area contributed by atoms with Gasteiger partial charge >= 0.3 is 12.3 Å². The first kappa shape index (κ1) is 15.0. The Balaban J connectivity index is 3.13. The molecule has 0 aliphatic rings. The zero-order valence-corrected chi connectivity index (χ0v) is 10.9. The summed E-state index contributed by atoms with van der Waals surface area (Å²) in [5.74, 6) is -1.75. The van der Waals surface area contributed by atoms with E-state index in [0.29, 0.717) is 0 Å². The van der Waals surface area contributed by atoms with E-state index in [1.54, 1.807) is 22.6 Å². The van der Waals surface area contributed by atoms with E-state index in [0.717, 1.165) is 0 Å². The van der Waals surface area contributed by atoms with E-state index in [1.165, 1.54) is 6.07 Å². The highest BCUT2D eigenvalue weighted by atomic mass is 127. The minimum absolute atomic E-state index is 0.0667. The standard InChI is InChI=1S/C9H8F3IN2O3/c10-9(11,12)18-8-5(13)1-4(2-7(16)17)6(3-14)15-8/h1H,2-3,14H2,(H,16,17). The summed E-state index contributed by atoms with van der Waals surface area (Å²) < 4.78 is 40.0. The van der Waals surface area contributed by atoms with Gasteiger partial charge in [0.15, 0.2) is 0 Å². The van der Waals surface area contributed by atoms with Crippen molar-refractivity contribution in [3.63, 3.8) is 0 Å². The SMILES string of the molecule is NCc1nc(OC(F)(F)F)c(I)cc1CC(=O)O. The van der Waals surface area contributed by atoms with E-state index >= 15 is 0 Å². The number of nitrogens with two attached hydrogens (primary N) is 1. The molecule has 0 saturated heterocycles. The quantitative estimate of drug-likeness (QED) is 0.782. The molecule has 5 nitrogen and oxygen atoms in total. The monoisotopic (exact) mass is 376 g/mol. The second kappa shape index (κ2) is 5.69. The number of carbonyl (C=O) groups is 1. The predicted molar refractivity (Wildman–Crippen MR) is 62.9 cm³/mol. The third-order valence-electron chi connectivity index (χ3n) is 1.86. The molecule has 0 unspecified atom stereocenters. The normalized spacial score (nSPS) is 11.4. The number of alkyl halides is 3. The maximum atomic E-state index is 12.1. The lowest BCUT2D eigenvalue weighted by molar-refractivity contribution is -0.276. The minimum Gasteiger partial charge on any atom is -0.481 e. The van der Waals surface area contributed by atoms with E-state index in [9.17, 15) is 18.0 Å². The van der Waals surface area contributed by atoms with Crippen molar-refractivity contribution in [2.75, 3.05) is 0 Å². The van der Waals surface area contributed by atoms with Crippen LogP contribution in [0.5, 0.6) is 5.88 Å². The van der Waals surface area contributed by atoms with E-state index < -0.39 is 18.2 Å². The van der Waals surface area contributed by atoms with Crippen molar-refractivity contribution in [3.05, 3.63) is 20.9 Å². The molecule has 0 spiro atoms. The molecule has 100 valence electrons. The van der Waals surface area contributed by atoms with Crippen molar-refractivity contribution >= 4 is 28.6 Å². The Morgan fingerprint density at radius 3 is 2.61 bits per heavy atom. The van der Waals surface area contributed by atoms with Gasteiger partial charge in [-0.15, -0.1) is 13.2 Å². The Morgan fingerprint density at radius 2 is 2.17 bits per heavy atom. The predicted octanol–water partition coefficient (Wildman–Crippen LogP) is 1.67. The van der Waals surface area contributed by atoms with Crippen LogP contribution in [0.4, 0.5) is 13.2 Å². The maximum Gasteiger partial charge on any atom is 0.574 e. The van der Waals surface area contributed by atoms with Crippen LogP contribution in [0.2, 0.25) is 0 Å². The second-order valence-electron chi connectivity index (χ2n) is 3.20. The third kappa shape index (κ3) is 4.29. The lowest BCUT2D eigenvalue weighted by Gasteiger charge is -2.12. The van der Waals surface area contributed by atoms with Crippen molar-refractivity contribution in [2.24, 2.45) is 5.73 Å². The highest BCUT2D eigenvalue weighted by molar-refractivity contribution is 14.1. The smallest absolute Gasteiger partial charge is 0.481 e. The fourth-order valence-electron chi connectivity index (χ4n) is 1.22. The molecule has 0 fully saturated rings. The zero-order valence-electron chi connectivity index (χ0n) is 8.79. The third-order valence-corrected chi connectivity index (χ3v) is 2.63. The summed E-state index contributed by atoms with van der Waals surface area (Å²) in [6.07, 6.45) is -5.21. The summed E-state index contributed by atoms with van der Waals surface area (Å²) >= 11 is 1.58. The first-order valence-electron chi connectivity index (χ1n) is 4.59. The van der Waals surface area contributed by atoms with Crippen LogP contribution >= 0.6 is 22.6 Å². The lowest BCUT2D eigenvalue weighted by atomic mass is 10.1. The number of ether oxygens (including phenoxy) is 1. The molecule has 0 atom stereocenters. The number of carboxylic acid groups (broad SMARTS) is 1. The molecule has 0 radical (unpaired) electrons. The molecule has 0 amide bonds. The Bertz CT molecular complexity index is 465. The summed E-state index contributed by atoms with van der Waals surface area (Å²) in [6, 6.07) is 1.27. The van der Waals surface area contributed by atoms with Gasteiger partial charge in [0, 0.05) is 6.54 Å². The van der Waals surface area contributed by atoms with Gasteiger partial charge in [-0.3, -0.25) is 4.79 Å². The van der Waals surface area contributed by atoms with Gasteiger partial charge in [-0.2, -0.15) is 0 Å². The van der Waals surface area contributed by atoms with E-state index in [1.807, 2.05) is 0 Å². The van der Waals surface area contributed by atoms with E-state index in [-0.39, 0.29) is 27.8 Å². The molecule has 0 bridgehead atoms.